The molecule has 0 aliphatic heterocycles. The lowest BCUT2D eigenvalue weighted by atomic mass is 9.80. The SMILES string of the molecule is CC1CC(C)CC(Nc2nc(C(C)C)ns2)C1. The van der Waals surface area contributed by atoms with Gasteiger partial charge in [0.2, 0.25) is 5.13 Å². The van der Waals surface area contributed by atoms with Gasteiger partial charge in [0.25, 0.3) is 0 Å². The highest BCUT2D eigenvalue weighted by Gasteiger charge is 2.24. The molecule has 0 amide bonds. The van der Waals surface area contributed by atoms with Crippen LogP contribution in [0.2, 0.25) is 0 Å². The van der Waals surface area contributed by atoms with Gasteiger partial charge in [0, 0.05) is 23.5 Å². The third kappa shape index (κ3) is 3.41. The van der Waals surface area contributed by atoms with Crippen molar-refractivity contribution in [2.75, 3.05) is 5.32 Å². The van der Waals surface area contributed by atoms with Crippen LogP contribution in [-0.2, 0) is 0 Å². The Labute approximate surface area is 108 Å². The van der Waals surface area contributed by atoms with Gasteiger partial charge >= 0.3 is 0 Å². The van der Waals surface area contributed by atoms with Crippen LogP contribution in [-0.4, -0.2) is 15.4 Å². The minimum Gasteiger partial charge on any atom is -0.358 e. The number of aromatic nitrogens is 2. The molecule has 2 rings (SSSR count). The molecule has 0 spiro atoms. The van der Waals surface area contributed by atoms with E-state index in [1.54, 1.807) is 0 Å². The average Bonchev–Trinajstić information content (AvgIpc) is 2.64. The van der Waals surface area contributed by atoms with Crippen LogP contribution in [0.3, 0.4) is 0 Å². The molecule has 2 unspecified atom stereocenters. The molecule has 4 heteroatoms. The summed E-state index contributed by atoms with van der Waals surface area (Å²) in [6.45, 7) is 8.97. The molecule has 1 fully saturated rings. The average molecular weight is 253 g/mol. The molecule has 0 bridgehead atoms. The Kier molecular flexibility index (Phi) is 4.02. The highest BCUT2D eigenvalue weighted by molar-refractivity contribution is 7.09. The highest BCUT2D eigenvalue weighted by atomic mass is 32.1. The number of nitrogens with one attached hydrogen (secondary N) is 1. The van der Waals surface area contributed by atoms with Gasteiger partial charge in [0.1, 0.15) is 5.82 Å². The Hall–Kier alpha value is -0.640. The monoisotopic (exact) mass is 253 g/mol. The largest absolute Gasteiger partial charge is 0.358 e. The predicted octanol–water partition coefficient (Wildman–Crippen LogP) is 3.90. The maximum atomic E-state index is 4.55. The van der Waals surface area contributed by atoms with Crippen LogP contribution >= 0.6 is 11.5 Å². The fourth-order valence-electron chi connectivity index (χ4n) is 2.77. The van der Waals surface area contributed by atoms with Crippen molar-refractivity contribution < 1.29 is 0 Å². The second kappa shape index (κ2) is 5.34. The first-order valence-corrected chi connectivity index (χ1v) is 7.42. The van der Waals surface area contributed by atoms with Crippen LogP contribution < -0.4 is 5.32 Å². The Morgan fingerprint density at radius 3 is 2.35 bits per heavy atom. The van der Waals surface area contributed by atoms with E-state index >= 15 is 0 Å². The summed E-state index contributed by atoms with van der Waals surface area (Å²) in [5, 5.41) is 4.56. The predicted molar refractivity (Wildman–Crippen MR) is 73.6 cm³/mol. The van der Waals surface area contributed by atoms with Gasteiger partial charge in [-0.05, 0) is 31.1 Å². The van der Waals surface area contributed by atoms with Crippen molar-refractivity contribution in [1.29, 1.82) is 0 Å². The van der Waals surface area contributed by atoms with Crippen molar-refractivity contribution in [2.24, 2.45) is 11.8 Å². The van der Waals surface area contributed by atoms with E-state index in [1.165, 1.54) is 30.8 Å². The van der Waals surface area contributed by atoms with E-state index in [0.717, 1.165) is 22.8 Å². The van der Waals surface area contributed by atoms with Gasteiger partial charge in [-0.15, -0.1) is 0 Å². The molecule has 17 heavy (non-hydrogen) atoms. The first kappa shape index (κ1) is 12.8. The fraction of sp³-hybridized carbons (Fsp3) is 0.846. The van der Waals surface area contributed by atoms with Gasteiger partial charge in [-0.3, -0.25) is 0 Å². The van der Waals surface area contributed by atoms with Crippen LogP contribution in [0.4, 0.5) is 5.13 Å². The summed E-state index contributed by atoms with van der Waals surface area (Å²) in [5.41, 5.74) is 0. The fourth-order valence-corrected chi connectivity index (χ4v) is 3.55. The molecule has 3 nitrogen and oxygen atoms in total. The Morgan fingerprint density at radius 2 is 1.82 bits per heavy atom. The zero-order valence-corrected chi connectivity index (χ0v) is 12.0. The van der Waals surface area contributed by atoms with Gasteiger partial charge in [-0.2, -0.15) is 4.37 Å². The van der Waals surface area contributed by atoms with Crippen molar-refractivity contribution in [3.05, 3.63) is 5.82 Å². The van der Waals surface area contributed by atoms with Crippen LogP contribution in [0.15, 0.2) is 0 Å². The zero-order chi connectivity index (χ0) is 12.4. The number of nitrogens with zero attached hydrogens (tertiary/aromatic N) is 2. The molecule has 1 N–H and O–H groups in total. The maximum Gasteiger partial charge on any atom is 0.202 e. The summed E-state index contributed by atoms with van der Waals surface area (Å²) in [6.07, 6.45) is 3.90. The Balaban J connectivity index is 1.95. The molecule has 1 aromatic rings. The minimum absolute atomic E-state index is 0.422. The third-order valence-electron chi connectivity index (χ3n) is 3.46. The van der Waals surface area contributed by atoms with Crippen molar-refractivity contribution in [2.45, 2.75) is 58.9 Å². The third-order valence-corrected chi connectivity index (χ3v) is 4.12. The lowest BCUT2D eigenvalue weighted by molar-refractivity contribution is 0.281. The second-order valence-corrected chi connectivity index (χ2v) is 6.62. The first-order chi connectivity index (χ1) is 8.04. The summed E-state index contributed by atoms with van der Waals surface area (Å²) < 4.78 is 4.39. The molecule has 1 heterocycles. The Bertz CT molecular complexity index is 351. The second-order valence-electron chi connectivity index (χ2n) is 5.87. The Morgan fingerprint density at radius 1 is 1.18 bits per heavy atom. The van der Waals surface area contributed by atoms with E-state index in [9.17, 15) is 0 Å². The molecule has 1 aromatic heterocycles. The molecule has 1 aliphatic carbocycles. The van der Waals surface area contributed by atoms with Gasteiger partial charge in [0.05, 0.1) is 0 Å². The van der Waals surface area contributed by atoms with Gasteiger partial charge < -0.3 is 5.32 Å². The van der Waals surface area contributed by atoms with E-state index < -0.39 is 0 Å². The minimum atomic E-state index is 0.422. The summed E-state index contributed by atoms with van der Waals surface area (Å²) >= 11 is 1.50. The molecule has 0 saturated heterocycles. The van der Waals surface area contributed by atoms with Crippen molar-refractivity contribution in [3.63, 3.8) is 0 Å². The summed E-state index contributed by atoms with van der Waals surface area (Å²) in [6, 6.07) is 0.585. The van der Waals surface area contributed by atoms with Crippen molar-refractivity contribution >= 4 is 16.7 Å². The molecule has 1 saturated carbocycles. The smallest absolute Gasteiger partial charge is 0.202 e. The van der Waals surface area contributed by atoms with Gasteiger partial charge in [-0.25, -0.2) is 4.98 Å². The quantitative estimate of drug-likeness (QED) is 0.888. The van der Waals surface area contributed by atoms with Crippen molar-refractivity contribution in [1.82, 2.24) is 9.36 Å². The lowest BCUT2D eigenvalue weighted by Crippen LogP contribution is -2.30. The van der Waals surface area contributed by atoms with E-state index in [-0.39, 0.29) is 0 Å². The van der Waals surface area contributed by atoms with Crippen LogP contribution in [0.5, 0.6) is 0 Å². The van der Waals surface area contributed by atoms with E-state index in [4.69, 9.17) is 0 Å². The van der Waals surface area contributed by atoms with Crippen molar-refractivity contribution in [3.8, 4) is 0 Å². The lowest BCUT2D eigenvalue weighted by Gasteiger charge is -2.31. The van der Waals surface area contributed by atoms with Crippen LogP contribution in [0, 0.1) is 11.8 Å². The topological polar surface area (TPSA) is 37.8 Å². The number of rotatable bonds is 3. The normalized spacial score (nSPS) is 29.6. The molecule has 0 radical (unpaired) electrons. The molecular weight excluding hydrogens is 230 g/mol. The molecule has 0 aromatic carbocycles. The van der Waals surface area contributed by atoms with E-state index in [0.29, 0.717) is 12.0 Å². The van der Waals surface area contributed by atoms with Crippen LogP contribution in [0.1, 0.15) is 58.7 Å². The van der Waals surface area contributed by atoms with Gasteiger partial charge in [0.15, 0.2) is 0 Å². The first-order valence-electron chi connectivity index (χ1n) is 6.64. The molecular formula is C13H23N3S. The number of anilines is 1. The summed E-state index contributed by atoms with van der Waals surface area (Å²) in [5.74, 6) is 3.04. The number of hydrogen-bond acceptors (Lipinski definition) is 4. The van der Waals surface area contributed by atoms with E-state index in [2.05, 4.69) is 42.4 Å². The molecule has 2 atom stereocenters. The zero-order valence-electron chi connectivity index (χ0n) is 11.2. The summed E-state index contributed by atoms with van der Waals surface area (Å²) in [4.78, 5) is 4.55. The van der Waals surface area contributed by atoms with E-state index in [1.807, 2.05) is 0 Å². The summed E-state index contributed by atoms with van der Waals surface area (Å²) in [7, 11) is 0. The van der Waals surface area contributed by atoms with Gasteiger partial charge in [-0.1, -0.05) is 27.7 Å². The number of hydrogen-bond donors (Lipinski definition) is 1. The highest BCUT2D eigenvalue weighted by Crippen LogP contribution is 2.31. The molecule has 1 aliphatic rings. The van der Waals surface area contributed by atoms with Crippen LogP contribution in [0.25, 0.3) is 0 Å². The standard InChI is InChI=1S/C13H23N3S/c1-8(2)12-15-13(17-16-12)14-11-6-9(3)5-10(4)7-11/h8-11H,5-7H2,1-4H3,(H,14,15,16). The maximum absolute atomic E-state index is 4.55. The molecule has 96 valence electrons.